The van der Waals surface area contributed by atoms with E-state index in [9.17, 15) is 30.0 Å². The Morgan fingerprint density at radius 2 is 1.86 bits per heavy atom. The second-order valence-electron chi connectivity index (χ2n) is 10.9. The molecule has 1 aliphatic rings. The van der Waals surface area contributed by atoms with Gasteiger partial charge in [0, 0.05) is 30.8 Å². The van der Waals surface area contributed by atoms with Crippen molar-refractivity contribution >= 4 is 11.8 Å². The van der Waals surface area contributed by atoms with Crippen molar-refractivity contribution in [3.63, 3.8) is 0 Å². The first-order valence-corrected chi connectivity index (χ1v) is 14.4. The minimum atomic E-state index is -1.57. The number of aromatic amines is 1. The number of nitrogens with one attached hydrogen (secondary N) is 3. The highest BCUT2D eigenvalue weighted by Gasteiger charge is 2.45. The number of benzene rings is 1. The van der Waals surface area contributed by atoms with Gasteiger partial charge in [0.05, 0.1) is 19.6 Å². The average molecular weight is 609 g/mol. The minimum Gasteiger partial charge on any atom is -0.493 e. The summed E-state index contributed by atoms with van der Waals surface area (Å²) in [6.07, 6.45) is -6.21. The van der Waals surface area contributed by atoms with Crippen molar-refractivity contribution in [2.24, 2.45) is 0 Å². The van der Waals surface area contributed by atoms with Crippen LogP contribution in [0.3, 0.4) is 0 Å². The van der Waals surface area contributed by atoms with Crippen LogP contribution in [0.2, 0.25) is 0 Å². The van der Waals surface area contributed by atoms with E-state index >= 15 is 0 Å². The highest BCUT2D eigenvalue weighted by atomic mass is 16.7. The monoisotopic (exact) mass is 608 g/mol. The molecule has 6 atom stereocenters. The fourth-order valence-electron chi connectivity index (χ4n) is 4.61. The van der Waals surface area contributed by atoms with Gasteiger partial charge in [0.2, 0.25) is 24.0 Å². The van der Waals surface area contributed by atoms with Gasteiger partial charge in [0.1, 0.15) is 36.2 Å². The summed E-state index contributed by atoms with van der Waals surface area (Å²) in [7, 11) is 0. The normalized spacial score (nSPS) is 22.7. The number of hydrogen-bond acceptors (Lipinski definition) is 11. The third-order valence-electron chi connectivity index (χ3n) is 7.20. The van der Waals surface area contributed by atoms with E-state index in [0.29, 0.717) is 25.1 Å². The zero-order valence-corrected chi connectivity index (χ0v) is 24.9. The fourth-order valence-corrected chi connectivity index (χ4v) is 4.61. The molecule has 14 nitrogen and oxygen atoms in total. The Bertz CT molecular complexity index is 1200. The van der Waals surface area contributed by atoms with Gasteiger partial charge >= 0.3 is 0 Å². The SMILES string of the molecule is Cc1cc(OCCC(=O)N[C@@H](C)C(=O)NCCCO)ccc1Cc1c(OC2O[C@H](CO)[C@@H](O)[C@H](O)[C@H]2O)n[nH]c1C(C)C. The van der Waals surface area contributed by atoms with Crippen LogP contribution in [0.25, 0.3) is 0 Å². The van der Waals surface area contributed by atoms with E-state index in [1.165, 1.54) is 0 Å². The summed E-state index contributed by atoms with van der Waals surface area (Å²) < 4.78 is 17.1. The summed E-state index contributed by atoms with van der Waals surface area (Å²) in [5.74, 6) is 0.131. The first kappa shape index (κ1) is 34.2. The highest BCUT2D eigenvalue weighted by Crippen LogP contribution is 2.32. The fraction of sp³-hybridized carbons (Fsp3) is 0.621. The van der Waals surface area contributed by atoms with Crippen LogP contribution in [0.4, 0.5) is 0 Å². The maximum atomic E-state index is 12.2. The molecule has 0 saturated carbocycles. The smallest absolute Gasteiger partial charge is 0.242 e. The number of ether oxygens (including phenoxy) is 3. The number of nitrogens with zero attached hydrogens (tertiary/aromatic N) is 1. The summed E-state index contributed by atoms with van der Waals surface area (Å²) in [5.41, 5.74) is 3.37. The number of carbonyl (C=O) groups excluding carboxylic acids is 2. The van der Waals surface area contributed by atoms with Gasteiger partial charge in [-0.25, -0.2) is 0 Å². The lowest BCUT2D eigenvalue weighted by Gasteiger charge is -2.39. The lowest BCUT2D eigenvalue weighted by molar-refractivity contribution is -0.278. The second kappa shape index (κ2) is 16.0. The van der Waals surface area contributed by atoms with Crippen molar-refractivity contribution < 1.29 is 49.3 Å². The number of aliphatic hydroxyl groups is 5. The standard InChI is InChI=1S/C29H44N4O10/c1-15(2)23-20(28(33-32-23)43-29-26(39)25(38)24(37)21(14-35)42-29)13-18-6-7-19(12-16(18)3)41-11-8-22(36)31-17(4)27(40)30-9-5-10-34/h6-7,12,15,17,21,24-26,29,34-35,37-39H,5,8-11,13-14H2,1-4H3,(H,30,40)(H,31,36)(H,32,33)/t17-,21+,24+,25-,26+,29?/m0/s1. The average Bonchev–Trinajstić information content (AvgIpc) is 3.36. The second-order valence-corrected chi connectivity index (χ2v) is 10.9. The number of carbonyl (C=O) groups is 2. The molecule has 14 heteroatoms. The highest BCUT2D eigenvalue weighted by molar-refractivity contribution is 5.87. The molecule has 240 valence electrons. The third-order valence-corrected chi connectivity index (χ3v) is 7.20. The summed E-state index contributed by atoms with van der Waals surface area (Å²) in [6.45, 7) is 7.32. The summed E-state index contributed by atoms with van der Waals surface area (Å²) in [4.78, 5) is 24.2. The van der Waals surface area contributed by atoms with E-state index in [1.54, 1.807) is 13.0 Å². The molecule has 2 amide bonds. The zero-order chi connectivity index (χ0) is 31.7. The van der Waals surface area contributed by atoms with Crippen LogP contribution < -0.4 is 20.1 Å². The third kappa shape index (κ3) is 9.11. The number of H-pyrrole nitrogens is 1. The molecule has 0 bridgehead atoms. The molecule has 1 aromatic heterocycles. The number of hydrogen-bond donors (Lipinski definition) is 8. The molecule has 1 aromatic carbocycles. The lowest BCUT2D eigenvalue weighted by Crippen LogP contribution is -2.60. The van der Waals surface area contributed by atoms with Gasteiger partial charge in [0.15, 0.2) is 0 Å². The van der Waals surface area contributed by atoms with Crippen LogP contribution in [0.15, 0.2) is 18.2 Å². The topological polar surface area (TPSA) is 216 Å². The van der Waals surface area contributed by atoms with Gasteiger partial charge in [-0.05, 0) is 49.4 Å². The van der Waals surface area contributed by atoms with Gasteiger partial charge in [-0.1, -0.05) is 19.9 Å². The van der Waals surface area contributed by atoms with E-state index in [-0.39, 0.29) is 43.2 Å². The first-order valence-electron chi connectivity index (χ1n) is 14.4. The molecule has 3 rings (SSSR count). The van der Waals surface area contributed by atoms with Crippen molar-refractivity contribution in [2.75, 3.05) is 26.4 Å². The molecule has 0 aliphatic carbocycles. The minimum absolute atomic E-state index is 0.0257. The molecule has 2 heterocycles. The van der Waals surface area contributed by atoms with Crippen molar-refractivity contribution in [3.8, 4) is 11.6 Å². The number of rotatable bonds is 15. The van der Waals surface area contributed by atoms with Crippen LogP contribution in [-0.4, -0.2) is 111 Å². The molecule has 1 aliphatic heterocycles. The molecule has 43 heavy (non-hydrogen) atoms. The Balaban J connectivity index is 1.62. The van der Waals surface area contributed by atoms with Gasteiger partial charge in [-0.2, -0.15) is 0 Å². The number of aliphatic hydroxyl groups excluding tert-OH is 5. The molecule has 1 unspecified atom stereocenters. The summed E-state index contributed by atoms with van der Waals surface area (Å²) >= 11 is 0. The molecule has 8 N–H and O–H groups in total. The van der Waals surface area contributed by atoms with Crippen LogP contribution in [0, 0.1) is 6.92 Å². The predicted octanol–water partition coefficient (Wildman–Crippen LogP) is -0.617. The molecular formula is C29H44N4O10. The van der Waals surface area contributed by atoms with Gasteiger partial charge in [0.25, 0.3) is 0 Å². The Labute approximate surface area is 250 Å². The van der Waals surface area contributed by atoms with E-state index in [4.69, 9.17) is 19.3 Å². The largest absolute Gasteiger partial charge is 0.493 e. The molecule has 2 aromatic rings. The van der Waals surface area contributed by atoms with Crippen LogP contribution >= 0.6 is 0 Å². The molecule has 0 spiro atoms. The first-order chi connectivity index (χ1) is 20.5. The van der Waals surface area contributed by atoms with Crippen LogP contribution in [0.5, 0.6) is 11.6 Å². The van der Waals surface area contributed by atoms with Crippen LogP contribution in [-0.2, 0) is 20.7 Å². The molecular weight excluding hydrogens is 564 g/mol. The van der Waals surface area contributed by atoms with E-state index < -0.39 is 43.4 Å². The lowest BCUT2D eigenvalue weighted by atomic mass is 9.96. The van der Waals surface area contributed by atoms with E-state index in [0.717, 1.165) is 22.4 Å². The van der Waals surface area contributed by atoms with Crippen molar-refractivity contribution in [1.82, 2.24) is 20.8 Å². The van der Waals surface area contributed by atoms with E-state index in [1.807, 2.05) is 32.9 Å². The summed E-state index contributed by atoms with van der Waals surface area (Å²) in [5, 5.41) is 61.4. The molecule has 1 fully saturated rings. The Morgan fingerprint density at radius 3 is 2.51 bits per heavy atom. The van der Waals surface area contributed by atoms with E-state index in [2.05, 4.69) is 20.8 Å². The summed E-state index contributed by atoms with van der Waals surface area (Å²) in [6, 6.07) is 4.81. The number of aryl methyl sites for hydroxylation is 1. The van der Waals surface area contributed by atoms with Crippen molar-refractivity contribution in [3.05, 3.63) is 40.6 Å². The number of aromatic nitrogens is 2. The molecule has 1 saturated heterocycles. The Kier molecular flexibility index (Phi) is 12.7. The maximum absolute atomic E-state index is 12.2. The molecule has 0 radical (unpaired) electrons. The maximum Gasteiger partial charge on any atom is 0.242 e. The van der Waals surface area contributed by atoms with Crippen LogP contribution in [0.1, 0.15) is 61.9 Å². The Hall–Kier alpha value is -3.27. The number of amides is 2. The predicted molar refractivity (Wildman–Crippen MR) is 153 cm³/mol. The van der Waals surface area contributed by atoms with Gasteiger partial charge < -0.3 is 50.4 Å². The van der Waals surface area contributed by atoms with Crippen molar-refractivity contribution in [1.29, 1.82) is 0 Å². The quantitative estimate of drug-likeness (QED) is 0.119. The van der Waals surface area contributed by atoms with Gasteiger partial charge in [-0.3, -0.25) is 14.7 Å². The zero-order valence-electron chi connectivity index (χ0n) is 24.9. The van der Waals surface area contributed by atoms with Crippen molar-refractivity contribution in [2.45, 2.75) is 89.6 Å². The Morgan fingerprint density at radius 1 is 1.12 bits per heavy atom. The van der Waals surface area contributed by atoms with Gasteiger partial charge in [-0.15, -0.1) is 5.10 Å².